The Balaban J connectivity index is 1.95. The molecule has 5 heteroatoms. The lowest BCUT2D eigenvalue weighted by Crippen LogP contribution is -2.10. The molecule has 0 saturated carbocycles. The van der Waals surface area contributed by atoms with E-state index in [1.165, 1.54) is 0 Å². The van der Waals surface area contributed by atoms with Crippen LogP contribution in [0.5, 0.6) is 11.5 Å². The van der Waals surface area contributed by atoms with Crippen LogP contribution in [-0.2, 0) is 6.54 Å². The van der Waals surface area contributed by atoms with Gasteiger partial charge in [-0.15, -0.1) is 0 Å². The average Bonchev–Trinajstić information content (AvgIpc) is 2.91. The monoisotopic (exact) mass is 247 g/mol. The Bertz CT molecular complexity index is 461. The molecule has 0 bridgehead atoms. The number of hydrogen-bond acceptors (Lipinski definition) is 4. The lowest BCUT2D eigenvalue weighted by atomic mass is 10.2. The highest BCUT2D eigenvalue weighted by Crippen LogP contribution is 2.25. The maximum atomic E-state index is 5.21. The van der Waals surface area contributed by atoms with Crippen molar-refractivity contribution in [1.82, 2.24) is 9.78 Å². The minimum absolute atomic E-state index is 0.774. The molecule has 2 aromatic rings. The summed E-state index contributed by atoms with van der Waals surface area (Å²) in [7, 11) is 3.28. The summed E-state index contributed by atoms with van der Waals surface area (Å²) >= 11 is 0. The molecule has 5 nitrogen and oxygen atoms in total. The summed E-state index contributed by atoms with van der Waals surface area (Å²) in [6.45, 7) is 1.60. The lowest BCUT2D eigenvalue weighted by Gasteiger charge is -2.10. The second-order valence-electron chi connectivity index (χ2n) is 3.80. The van der Waals surface area contributed by atoms with Crippen LogP contribution in [0.2, 0.25) is 0 Å². The standard InChI is InChI=1S/C13H17N3O2/c1-17-12-8-11(9-13(10-12)18-2)14-5-7-16-6-3-4-15-16/h3-4,6,8-10,14H,5,7H2,1-2H3. The summed E-state index contributed by atoms with van der Waals surface area (Å²) in [5, 5.41) is 7.45. The van der Waals surface area contributed by atoms with Crippen molar-refractivity contribution >= 4 is 5.69 Å². The van der Waals surface area contributed by atoms with Crippen molar-refractivity contribution in [3.05, 3.63) is 36.7 Å². The minimum Gasteiger partial charge on any atom is -0.497 e. The first-order valence-corrected chi connectivity index (χ1v) is 5.76. The Morgan fingerprint density at radius 3 is 2.44 bits per heavy atom. The number of rotatable bonds is 6. The van der Waals surface area contributed by atoms with E-state index in [0.29, 0.717) is 0 Å². The van der Waals surface area contributed by atoms with Crippen LogP contribution in [0.15, 0.2) is 36.7 Å². The fraction of sp³-hybridized carbons (Fsp3) is 0.308. The molecule has 0 atom stereocenters. The van der Waals surface area contributed by atoms with E-state index >= 15 is 0 Å². The van der Waals surface area contributed by atoms with Crippen LogP contribution in [0.4, 0.5) is 5.69 Å². The average molecular weight is 247 g/mol. The molecule has 0 aliphatic rings. The van der Waals surface area contributed by atoms with Crippen LogP contribution >= 0.6 is 0 Å². The third-order valence-electron chi connectivity index (χ3n) is 2.58. The number of aromatic nitrogens is 2. The zero-order valence-electron chi connectivity index (χ0n) is 10.6. The molecule has 96 valence electrons. The van der Waals surface area contributed by atoms with Crippen LogP contribution in [0, 0.1) is 0 Å². The predicted octanol–water partition coefficient (Wildman–Crippen LogP) is 2.01. The molecular formula is C13H17N3O2. The zero-order valence-corrected chi connectivity index (χ0v) is 10.6. The minimum atomic E-state index is 0.774. The van der Waals surface area contributed by atoms with E-state index in [4.69, 9.17) is 9.47 Å². The van der Waals surface area contributed by atoms with Gasteiger partial charge in [0.15, 0.2) is 0 Å². The first-order valence-electron chi connectivity index (χ1n) is 5.76. The molecule has 1 aromatic carbocycles. The molecular weight excluding hydrogens is 230 g/mol. The number of methoxy groups -OCH3 is 2. The number of nitrogens with one attached hydrogen (secondary N) is 1. The number of hydrogen-bond donors (Lipinski definition) is 1. The van der Waals surface area contributed by atoms with Gasteiger partial charge in [-0.25, -0.2) is 0 Å². The summed E-state index contributed by atoms with van der Waals surface area (Å²) in [4.78, 5) is 0. The van der Waals surface area contributed by atoms with E-state index in [1.807, 2.05) is 35.1 Å². The van der Waals surface area contributed by atoms with E-state index in [9.17, 15) is 0 Å². The normalized spacial score (nSPS) is 10.1. The molecule has 0 aliphatic heterocycles. The number of anilines is 1. The van der Waals surface area contributed by atoms with Crippen molar-refractivity contribution in [2.24, 2.45) is 0 Å². The third kappa shape index (κ3) is 3.16. The second-order valence-corrected chi connectivity index (χ2v) is 3.80. The molecule has 0 spiro atoms. The smallest absolute Gasteiger partial charge is 0.124 e. The first-order chi connectivity index (χ1) is 8.81. The fourth-order valence-electron chi connectivity index (χ4n) is 1.66. The van der Waals surface area contributed by atoms with Crippen LogP contribution in [0.3, 0.4) is 0 Å². The highest BCUT2D eigenvalue weighted by molar-refractivity contribution is 5.53. The van der Waals surface area contributed by atoms with Gasteiger partial charge in [0.1, 0.15) is 11.5 Å². The quantitative estimate of drug-likeness (QED) is 0.848. The number of ether oxygens (including phenoxy) is 2. The summed E-state index contributed by atoms with van der Waals surface area (Å²) in [5.41, 5.74) is 0.971. The zero-order chi connectivity index (χ0) is 12.8. The third-order valence-corrected chi connectivity index (χ3v) is 2.58. The highest BCUT2D eigenvalue weighted by atomic mass is 16.5. The van der Waals surface area contributed by atoms with Crippen molar-refractivity contribution in [3.8, 4) is 11.5 Å². The Morgan fingerprint density at radius 1 is 1.17 bits per heavy atom. The highest BCUT2D eigenvalue weighted by Gasteiger charge is 2.01. The maximum Gasteiger partial charge on any atom is 0.124 e. The van der Waals surface area contributed by atoms with E-state index in [2.05, 4.69) is 10.4 Å². The van der Waals surface area contributed by atoms with Crippen molar-refractivity contribution < 1.29 is 9.47 Å². The van der Waals surface area contributed by atoms with Crippen molar-refractivity contribution in [1.29, 1.82) is 0 Å². The van der Waals surface area contributed by atoms with Gasteiger partial charge in [0.2, 0.25) is 0 Å². The molecule has 0 fully saturated rings. The summed E-state index contributed by atoms with van der Waals surface area (Å²) in [5.74, 6) is 1.55. The number of benzene rings is 1. The topological polar surface area (TPSA) is 48.3 Å². The van der Waals surface area contributed by atoms with Gasteiger partial charge in [-0.05, 0) is 6.07 Å². The van der Waals surface area contributed by atoms with Crippen molar-refractivity contribution in [3.63, 3.8) is 0 Å². The Labute approximate surface area is 106 Å². The Kier molecular flexibility index (Phi) is 4.06. The second kappa shape index (κ2) is 5.95. The van der Waals surface area contributed by atoms with E-state index in [0.717, 1.165) is 30.3 Å². The van der Waals surface area contributed by atoms with E-state index < -0.39 is 0 Å². The van der Waals surface area contributed by atoms with E-state index in [-0.39, 0.29) is 0 Å². The Morgan fingerprint density at radius 2 is 1.89 bits per heavy atom. The predicted molar refractivity (Wildman–Crippen MR) is 70.3 cm³/mol. The molecule has 2 rings (SSSR count). The summed E-state index contributed by atoms with van der Waals surface area (Å²) < 4.78 is 12.3. The molecule has 0 saturated heterocycles. The van der Waals surface area contributed by atoms with Crippen LogP contribution in [-0.4, -0.2) is 30.5 Å². The molecule has 18 heavy (non-hydrogen) atoms. The molecule has 0 aliphatic carbocycles. The lowest BCUT2D eigenvalue weighted by molar-refractivity contribution is 0.394. The van der Waals surface area contributed by atoms with Crippen molar-refractivity contribution in [2.45, 2.75) is 6.54 Å². The first kappa shape index (κ1) is 12.3. The Hall–Kier alpha value is -2.17. The van der Waals surface area contributed by atoms with Crippen LogP contribution < -0.4 is 14.8 Å². The van der Waals surface area contributed by atoms with E-state index in [1.54, 1.807) is 20.4 Å². The molecule has 0 amide bonds. The van der Waals surface area contributed by atoms with Gasteiger partial charge >= 0.3 is 0 Å². The van der Waals surface area contributed by atoms with Gasteiger partial charge in [0, 0.05) is 42.8 Å². The van der Waals surface area contributed by atoms with Gasteiger partial charge in [0.25, 0.3) is 0 Å². The van der Waals surface area contributed by atoms with Crippen LogP contribution in [0.1, 0.15) is 0 Å². The molecule has 0 radical (unpaired) electrons. The largest absolute Gasteiger partial charge is 0.497 e. The molecule has 1 aromatic heterocycles. The van der Waals surface area contributed by atoms with Gasteiger partial charge in [-0.2, -0.15) is 5.10 Å². The van der Waals surface area contributed by atoms with Crippen LogP contribution in [0.25, 0.3) is 0 Å². The van der Waals surface area contributed by atoms with Crippen molar-refractivity contribution in [2.75, 3.05) is 26.1 Å². The SMILES string of the molecule is COc1cc(NCCn2cccn2)cc(OC)c1. The molecule has 1 N–H and O–H groups in total. The summed E-state index contributed by atoms with van der Waals surface area (Å²) in [6, 6.07) is 7.63. The number of nitrogens with zero attached hydrogens (tertiary/aromatic N) is 2. The maximum absolute atomic E-state index is 5.21. The fourth-order valence-corrected chi connectivity index (χ4v) is 1.66. The van der Waals surface area contributed by atoms with Gasteiger partial charge in [-0.3, -0.25) is 4.68 Å². The molecule has 1 heterocycles. The molecule has 0 unspecified atom stereocenters. The summed E-state index contributed by atoms with van der Waals surface area (Å²) in [6.07, 6.45) is 3.71. The van der Waals surface area contributed by atoms with Gasteiger partial charge < -0.3 is 14.8 Å². The van der Waals surface area contributed by atoms with Gasteiger partial charge in [-0.1, -0.05) is 0 Å². The van der Waals surface area contributed by atoms with Gasteiger partial charge in [0.05, 0.1) is 20.8 Å².